The molecule has 3 aromatic rings. The van der Waals surface area contributed by atoms with E-state index in [1.54, 1.807) is 20.9 Å². The lowest BCUT2D eigenvalue weighted by molar-refractivity contribution is -0.134. The smallest absolute Gasteiger partial charge is 0.273 e. The van der Waals surface area contributed by atoms with Crippen molar-refractivity contribution in [2.45, 2.75) is 70.1 Å². The highest BCUT2D eigenvalue weighted by Crippen LogP contribution is 2.33. The van der Waals surface area contributed by atoms with E-state index in [9.17, 15) is 9.59 Å². The van der Waals surface area contributed by atoms with Crippen LogP contribution in [0.2, 0.25) is 5.02 Å². The standard InChI is InChI=1S/C26H29ClN4O2S/c1-26(25(33)28-20-10-4-2-3-5-11-20)17-31-22(15-21(29-31)23-12-7-13-34-23)24(32)30(26)16-18-8-6-9-19(27)14-18/h6-9,12-15,20H,2-5,10-11,16-17H2,1H3,(H,28,33)/t26-/m1/s1. The first-order chi connectivity index (χ1) is 16.4. The molecule has 1 aliphatic heterocycles. The molecule has 0 saturated heterocycles. The van der Waals surface area contributed by atoms with Gasteiger partial charge >= 0.3 is 0 Å². The third-order valence-corrected chi connectivity index (χ3v) is 8.11. The Kier molecular flexibility index (Phi) is 6.49. The predicted octanol–water partition coefficient (Wildman–Crippen LogP) is 5.52. The molecule has 8 heteroatoms. The molecule has 0 unspecified atom stereocenters. The maximum atomic E-state index is 13.8. The van der Waals surface area contributed by atoms with Crippen LogP contribution in [0.4, 0.5) is 0 Å². The highest BCUT2D eigenvalue weighted by Gasteiger charge is 2.48. The Hall–Kier alpha value is -2.64. The number of nitrogens with one attached hydrogen (secondary N) is 1. The quantitative estimate of drug-likeness (QED) is 0.473. The van der Waals surface area contributed by atoms with E-state index in [1.807, 2.05) is 54.8 Å². The van der Waals surface area contributed by atoms with E-state index < -0.39 is 5.54 Å². The topological polar surface area (TPSA) is 67.2 Å². The van der Waals surface area contributed by atoms with Crippen LogP contribution in [0.25, 0.3) is 10.6 Å². The van der Waals surface area contributed by atoms with Crippen LogP contribution in [0.1, 0.15) is 61.5 Å². The molecule has 2 amide bonds. The number of amides is 2. The van der Waals surface area contributed by atoms with Crippen molar-refractivity contribution >= 4 is 34.8 Å². The van der Waals surface area contributed by atoms with E-state index in [0.717, 1.165) is 41.8 Å². The minimum atomic E-state index is -1.07. The summed E-state index contributed by atoms with van der Waals surface area (Å²) in [6.07, 6.45) is 6.65. The summed E-state index contributed by atoms with van der Waals surface area (Å²) in [5, 5.41) is 10.6. The van der Waals surface area contributed by atoms with Gasteiger partial charge in [0.05, 0.1) is 11.4 Å². The second kappa shape index (κ2) is 9.55. The second-order valence-electron chi connectivity index (χ2n) is 9.51. The highest BCUT2D eigenvalue weighted by atomic mass is 35.5. The Labute approximate surface area is 208 Å². The maximum absolute atomic E-state index is 13.8. The van der Waals surface area contributed by atoms with Crippen LogP contribution in [-0.4, -0.2) is 38.1 Å². The number of halogens is 1. The fourth-order valence-corrected chi connectivity index (χ4v) is 5.91. The number of carbonyl (C=O) groups excluding carboxylic acids is 2. The molecule has 5 rings (SSSR count). The molecule has 178 valence electrons. The zero-order chi connectivity index (χ0) is 23.7. The number of fused-ring (bicyclic) bond motifs is 1. The summed E-state index contributed by atoms with van der Waals surface area (Å²) in [5.74, 6) is -0.311. The van der Waals surface area contributed by atoms with Crippen molar-refractivity contribution in [3.8, 4) is 10.6 Å². The first-order valence-corrected chi connectivity index (χ1v) is 13.2. The van der Waals surface area contributed by atoms with Gasteiger partial charge in [-0.15, -0.1) is 11.3 Å². The number of thiophene rings is 1. The van der Waals surface area contributed by atoms with Gasteiger partial charge in [-0.2, -0.15) is 5.10 Å². The van der Waals surface area contributed by atoms with Crippen LogP contribution in [0.3, 0.4) is 0 Å². The SMILES string of the molecule is C[C@]1(C(=O)NC2CCCCCC2)Cn2nc(-c3cccs3)cc2C(=O)N1Cc1cccc(Cl)c1. The van der Waals surface area contributed by atoms with Gasteiger partial charge in [0, 0.05) is 17.6 Å². The fraction of sp³-hybridized carbons (Fsp3) is 0.423. The lowest BCUT2D eigenvalue weighted by atomic mass is 9.93. The Bertz CT molecular complexity index is 1180. The first-order valence-electron chi connectivity index (χ1n) is 11.9. The van der Waals surface area contributed by atoms with Gasteiger partial charge in [-0.3, -0.25) is 14.3 Å². The molecule has 0 bridgehead atoms. The third kappa shape index (κ3) is 4.51. The van der Waals surface area contributed by atoms with E-state index in [4.69, 9.17) is 16.7 Å². The summed E-state index contributed by atoms with van der Waals surface area (Å²) in [4.78, 5) is 30.3. The summed E-state index contributed by atoms with van der Waals surface area (Å²) < 4.78 is 1.71. The van der Waals surface area contributed by atoms with Crippen LogP contribution in [-0.2, 0) is 17.9 Å². The van der Waals surface area contributed by atoms with Crippen molar-refractivity contribution in [1.82, 2.24) is 20.0 Å². The van der Waals surface area contributed by atoms with Gasteiger partial charge in [0.15, 0.2) is 0 Å². The molecule has 0 spiro atoms. The Balaban J connectivity index is 1.50. The molecule has 1 aliphatic carbocycles. The predicted molar refractivity (Wildman–Crippen MR) is 135 cm³/mol. The van der Waals surface area contributed by atoms with Crippen molar-refractivity contribution < 1.29 is 9.59 Å². The summed E-state index contributed by atoms with van der Waals surface area (Å²) in [6.45, 7) is 2.46. The normalized spacial score (nSPS) is 21.2. The number of hydrogen-bond donors (Lipinski definition) is 1. The molecule has 6 nitrogen and oxygen atoms in total. The van der Waals surface area contributed by atoms with Crippen LogP contribution in [0.15, 0.2) is 47.8 Å². The molecule has 3 heterocycles. The number of nitrogens with zero attached hydrogens (tertiary/aromatic N) is 3. The van der Waals surface area contributed by atoms with Crippen LogP contribution in [0, 0.1) is 0 Å². The zero-order valence-corrected chi connectivity index (χ0v) is 20.9. The number of hydrogen-bond acceptors (Lipinski definition) is 4. The van der Waals surface area contributed by atoms with E-state index >= 15 is 0 Å². The first kappa shape index (κ1) is 23.1. The number of aromatic nitrogens is 2. The maximum Gasteiger partial charge on any atom is 0.273 e. The molecule has 1 atom stereocenters. The third-order valence-electron chi connectivity index (χ3n) is 6.98. The van der Waals surface area contributed by atoms with Crippen molar-refractivity contribution in [3.63, 3.8) is 0 Å². The fourth-order valence-electron chi connectivity index (χ4n) is 5.02. The van der Waals surface area contributed by atoms with Crippen molar-refractivity contribution in [3.05, 3.63) is 64.1 Å². The lowest BCUT2D eigenvalue weighted by Gasteiger charge is -2.44. The largest absolute Gasteiger partial charge is 0.351 e. The lowest BCUT2D eigenvalue weighted by Crippen LogP contribution is -2.64. The summed E-state index contributed by atoms with van der Waals surface area (Å²) in [6, 6.07) is 13.4. The monoisotopic (exact) mass is 496 g/mol. The van der Waals surface area contributed by atoms with Crippen LogP contribution >= 0.6 is 22.9 Å². The van der Waals surface area contributed by atoms with Gasteiger partial charge in [0.2, 0.25) is 5.91 Å². The Morgan fingerprint density at radius 1 is 1.18 bits per heavy atom. The minimum absolute atomic E-state index is 0.117. The molecule has 1 saturated carbocycles. The van der Waals surface area contributed by atoms with Crippen molar-refractivity contribution in [2.75, 3.05) is 0 Å². The van der Waals surface area contributed by atoms with Gasteiger partial charge in [0.1, 0.15) is 16.9 Å². The Morgan fingerprint density at radius 3 is 2.68 bits per heavy atom. The average Bonchev–Trinajstić information content (AvgIpc) is 3.42. The van der Waals surface area contributed by atoms with Gasteiger partial charge in [-0.05, 0) is 55.0 Å². The van der Waals surface area contributed by atoms with E-state index in [0.29, 0.717) is 23.8 Å². The summed E-state index contributed by atoms with van der Waals surface area (Å²) >= 11 is 7.81. The summed E-state index contributed by atoms with van der Waals surface area (Å²) in [5.41, 5.74) is 1.08. The van der Waals surface area contributed by atoms with E-state index in [-0.39, 0.29) is 17.9 Å². The molecule has 2 aliphatic rings. The minimum Gasteiger partial charge on any atom is -0.351 e. The molecule has 1 fully saturated rings. The van der Waals surface area contributed by atoms with Crippen molar-refractivity contribution in [1.29, 1.82) is 0 Å². The molecular weight excluding hydrogens is 468 g/mol. The van der Waals surface area contributed by atoms with Gasteiger partial charge < -0.3 is 10.2 Å². The molecule has 1 aromatic carbocycles. The van der Waals surface area contributed by atoms with Crippen molar-refractivity contribution in [2.24, 2.45) is 0 Å². The van der Waals surface area contributed by atoms with Crippen LogP contribution in [0.5, 0.6) is 0 Å². The van der Waals surface area contributed by atoms with E-state index in [2.05, 4.69) is 5.32 Å². The number of benzene rings is 1. The van der Waals surface area contributed by atoms with Gasteiger partial charge in [-0.1, -0.05) is 55.5 Å². The number of carbonyl (C=O) groups is 2. The highest BCUT2D eigenvalue weighted by molar-refractivity contribution is 7.13. The summed E-state index contributed by atoms with van der Waals surface area (Å²) in [7, 11) is 0. The molecule has 2 aromatic heterocycles. The van der Waals surface area contributed by atoms with Gasteiger partial charge in [0.25, 0.3) is 5.91 Å². The second-order valence-corrected chi connectivity index (χ2v) is 10.9. The molecule has 1 N–H and O–H groups in total. The number of rotatable bonds is 5. The van der Waals surface area contributed by atoms with Crippen LogP contribution < -0.4 is 5.32 Å². The molecular formula is C26H29ClN4O2S. The van der Waals surface area contributed by atoms with Gasteiger partial charge in [-0.25, -0.2) is 0 Å². The molecule has 0 radical (unpaired) electrons. The Morgan fingerprint density at radius 2 is 1.97 bits per heavy atom. The molecule has 34 heavy (non-hydrogen) atoms. The van der Waals surface area contributed by atoms with E-state index in [1.165, 1.54) is 12.8 Å². The zero-order valence-electron chi connectivity index (χ0n) is 19.3. The average molecular weight is 497 g/mol.